The van der Waals surface area contributed by atoms with Crippen molar-refractivity contribution in [3.05, 3.63) is 65.2 Å². The summed E-state index contributed by atoms with van der Waals surface area (Å²) in [5.74, 6) is -1.15. The van der Waals surface area contributed by atoms with Gasteiger partial charge in [0.05, 0.1) is 5.56 Å². The van der Waals surface area contributed by atoms with E-state index in [0.717, 1.165) is 12.1 Å². The van der Waals surface area contributed by atoms with Crippen LogP contribution in [0, 0.1) is 11.6 Å². The number of hydrogen-bond donors (Lipinski definition) is 0. The first-order valence-corrected chi connectivity index (χ1v) is 5.31. The van der Waals surface area contributed by atoms with E-state index in [1.807, 2.05) is 6.07 Å². The first-order valence-electron chi connectivity index (χ1n) is 5.31. The van der Waals surface area contributed by atoms with E-state index in [9.17, 15) is 13.6 Å². The molecule has 0 saturated carbocycles. The van der Waals surface area contributed by atoms with Crippen molar-refractivity contribution in [3.8, 4) is 5.75 Å². The largest absolute Gasteiger partial charge is 0.489 e. The van der Waals surface area contributed by atoms with E-state index in [0.29, 0.717) is 11.3 Å². The van der Waals surface area contributed by atoms with E-state index in [1.54, 1.807) is 24.3 Å². The number of rotatable bonds is 4. The highest BCUT2D eigenvalue weighted by Gasteiger charge is 2.10. The topological polar surface area (TPSA) is 26.3 Å². The lowest BCUT2D eigenvalue weighted by atomic mass is 10.1. The van der Waals surface area contributed by atoms with Gasteiger partial charge in [0.15, 0.2) is 6.29 Å². The molecule has 0 fully saturated rings. The molecule has 0 unspecified atom stereocenters. The molecule has 4 heteroatoms. The minimum absolute atomic E-state index is 0.0387. The Labute approximate surface area is 103 Å². The number of carbonyl (C=O) groups excluding carboxylic acids is 1. The van der Waals surface area contributed by atoms with Crippen LogP contribution in [0.5, 0.6) is 5.75 Å². The summed E-state index contributed by atoms with van der Waals surface area (Å²) in [5.41, 5.74) is -0.224. The molecule has 0 heterocycles. The number of halogens is 2. The fourth-order valence-corrected chi connectivity index (χ4v) is 1.52. The molecule has 18 heavy (non-hydrogen) atoms. The fourth-order valence-electron chi connectivity index (χ4n) is 1.52. The standard InChI is InChI=1S/C14H10F2O2/c15-13-6-10(7-14(16)12(13)8-17)9-18-11-4-2-1-3-5-11/h1-8H,9H2. The van der Waals surface area contributed by atoms with Gasteiger partial charge >= 0.3 is 0 Å². The van der Waals surface area contributed by atoms with Gasteiger partial charge in [0.25, 0.3) is 0 Å². The SMILES string of the molecule is O=Cc1c(F)cc(COc2ccccc2)cc1F. The highest BCUT2D eigenvalue weighted by molar-refractivity contribution is 5.75. The van der Waals surface area contributed by atoms with Crippen molar-refractivity contribution in [2.45, 2.75) is 6.61 Å². The molecule has 92 valence electrons. The molecule has 0 aliphatic rings. The van der Waals surface area contributed by atoms with Crippen molar-refractivity contribution in [2.75, 3.05) is 0 Å². The normalized spacial score (nSPS) is 10.1. The summed E-state index contributed by atoms with van der Waals surface area (Å²) in [6.07, 6.45) is 0.159. The number of para-hydroxylation sites is 1. The molecule has 0 saturated heterocycles. The number of carbonyl (C=O) groups is 1. The van der Waals surface area contributed by atoms with Crippen LogP contribution in [0.4, 0.5) is 8.78 Å². The predicted octanol–water partition coefficient (Wildman–Crippen LogP) is 3.36. The highest BCUT2D eigenvalue weighted by atomic mass is 19.1. The van der Waals surface area contributed by atoms with E-state index in [2.05, 4.69) is 0 Å². The Morgan fingerprint density at radius 1 is 1.06 bits per heavy atom. The van der Waals surface area contributed by atoms with E-state index in [4.69, 9.17) is 4.74 Å². The van der Waals surface area contributed by atoms with Gasteiger partial charge in [-0.3, -0.25) is 4.79 Å². The zero-order valence-corrected chi connectivity index (χ0v) is 9.40. The molecule has 0 N–H and O–H groups in total. The van der Waals surface area contributed by atoms with Gasteiger partial charge in [0.2, 0.25) is 0 Å². The number of aldehydes is 1. The minimum atomic E-state index is -0.878. The molecule has 0 amide bonds. The van der Waals surface area contributed by atoms with Crippen molar-refractivity contribution >= 4 is 6.29 Å². The molecule has 0 spiro atoms. The maximum atomic E-state index is 13.3. The third kappa shape index (κ3) is 2.71. The second-order valence-electron chi connectivity index (χ2n) is 3.69. The molecular weight excluding hydrogens is 238 g/mol. The summed E-state index contributed by atoms with van der Waals surface area (Å²) < 4.78 is 32.0. The van der Waals surface area contributed by atoms with Gasteiger partial charge in [0.1, 0.15) is 24.0 Å². The lowest BCUT2D eigenvalue weighted by Gasteiger charge is -2.07. The van der Waals surface area contributed by atoms with Crippen LogP contribution in [0.1, 0.15) is 15.9 Å². The minimum Gasteiger partial charge on any atom is -0.489 e. The van der Waals surface area contributed by atoms with Gasteiger partial charge in [-0.25, -0.2) is 8.78 Å². The molecule has 2 aromatic rings. The Bertz CT molecular complexity index is 530. The van der Waals surface area contributed by atoms with Crippen LogP contribution < -0.4 is 4.74 Å². The second-order valence-corrected chi connectivity index (χ2v) is 3.69. The Balaban J connectivity index is 2.13. The van der Waals surface area contributed by atoms with Crippen LogP contribution in [0.25, 0.3) is 0 Å². The molecule has 0 atom stereocenters. The zero-order chi connectivity index (χ0) is 13.0. The van der Waals surface area contributed by atoms with Crippen LogP contribution in [-0.2, 0) is 6.61 Å². The Morgan fingerprint density at radius 2 is 1.67 bits per heavy atom. The van der Waals surface area contributed by atoms with Gasteiger partial charge in [-0.1, -0.05) is 18.2 Å². The van der Waals surface area contributed by atoms with Crippen LogP contribution in [0.15, 0.2) is 42.5 Å². The van der Waals surface area contributed by atoms with E-state index >= 15 is 0 Å². The molecule has 2 aromatic carbocycles. The first-order chi connectivity index (χ1) is 8.70. The highest BCUT2D eigenvalue weighted by Crippen LogP contribution is 2.16. The summed E-state index contributed by atoms with van der Waals surface area (Å²) in [7, 11) is 0. The van der Waals surface area contributed by atoms with Crippen molar-refractivity contribution in [3.63, 3.8) is 0 Å². The van der Waals surface area contributed by atoms with Crippen LogP contribution >= 0.6 is 0 Å². The first kappa shape index (κ1) is 12.2. The summed E-state index contributed by atoms with van der Waals surface area (Å²) in [4.78, 5) is 10.4. The summed E-state index contributed by atoms with van der Waals surface area (Å²) >= 11 is 0. The number of benzene rings is 2. The van der Waals surface area contributed by atoms with Crippen molar-refractivity contribution in [2.24, 2.45) is 0 Å². The van der Waals surface area contributed by atoms with Crippen molar-refractivity contribution in [1.82, 2.24) is 0 Å². The Kier molecular flexibility index (Phi) is 3.67. The molecular formula is C14H10F2O2. The van der Waals surface area contributed by atoms with E-state index in [1.165, 1.54) is 0 Å². The molecule has 0 aliphatic carbocycles. The summed E-state index contributed by atoms with van der Waals surface area (Å²) in [6.45, 7) is 0.0387. The maximum Gasteiger partial charge on any atom is 0.155 e. The summed E-state index contributed by atoms with van der Waals surface area (Å²) in [5, 5.41) is 0. The monoisotopic (exact) mass is 248 g/mol. The third-order valence-electron chi connectivity index (χ3n) is 2.41. The predicted molar refractivity (Wildman–Crippen MR) is 62.5 cm³/mol. The molecule has 0 radical (unpaired) electrons. The smallest absolute Gasteiger partial charge is 0.155 e. The lowest BCUT2D eigenvalue weighted by Crippen LogP contribution is -2.00. The zero-order valence-electron chi connectivity index (χ0n) is 9.40. The Morgan fingerprint density at radius 3 is 2.22 bits per heavy atom. The average molecular weight is 248 g/mol. The van der Waals surface area contributed by atoms with Crippen molar-refractivity contribution < 1.29 is 18.3 Å². The van der Waals surface area contributed by atoms with E-state index in [-0.39, 0.29) is 12.9 Å². The van der Waals surface area contributed by atoms with Gasteiger partial charge in [-0.2, -0.15) is 0 Å². The van der Waals surface area contributed by atoms with Gasteiger partial charge < -0.3 is 4.74 Å². The van der Waals surface area contributed by atoms with E-state index < -0.39 is 17.2 Å². The third-order valence-corrected chi connectivity index (χ3v) is 2.41. The van der Waals surface area contributed by atoms with Crippen LogP contribution in [0.3, 0.4) is 0 Å². The summed E-state index contributed by atoms with van der Waals surface area (Å²) in [6, 6.07) is 11.1. The van der Waals surface area contributed by atoms with Crippen LogP contribution in [-0.4, -0.2) is 6.29 Å². The molecule has 0 aromatic heterocycles. The molecule has 0 bridgehead atoms. The van der Waals surface area contributed by atoms with Crippen LogP contribution in [0.2, 0.25) is 0 Å². The Hall–Kier alpha value is -2.23. The van der Waals surface area contributed by atoms with Gasteiger partial charge in [0, 0.05) is 0 Å². The number of hydrogen-bond acceptors (Lipinski definition) is 2. The van der Waals surface area contributed by atoms with Gasteiger partial charge in [-0.15, -0.1) is 0 Å². The molecule has 2 rings (SSSR count). The fraction of sp³-hybridized carbons (Fsp3) is 0.0714. The molecule has 0 aliphatic heterocycles. The average Bonchev–Trinajstić information content (AvgIpc) is 2.37. The second kappa shape index (κ2) is 5.40. The van der Waals surface area contributed by atoms with Gasteiger partial charge in [-0.05, 0) is 29.8 Å². The number of ether oxygens (including phenoxy) is 1. The quantitative estimate of drug-likeness (QED) is 0.775. The maximum absolute atomic E-state index is 13.3. The van der Waals surface area contributed by atoms with Crippen molar-refractivity contribution in [1.29, 1.82) is 0 Å². The molecule has 2 nitrogen and oxygen atoms in total. The lowest BCUT2D eigenvalue weighted by molar-refractivity contribution is 0.111.